The normalized spacial score (nSPS) is 11.6. The third-order valence-corrected chi connectivity index (χ3v) is 4.40. The summed E-state index contributed by atoms with van der Waals surface area (Å²) in [5.74, 6) is -4.34. The zero-order valence-corrected chi connectivity index (χ0v) is 15.6. The van der Waals surface area contributed by atoms with E-state index >= 15 is 0 Å². The number of ether oxygens (including phenoxy) is 1. The molecule has 0 fully saturated rings. The number of aryl methyl sites for hydroxylation is 1. The van der Waals surface area contributed by atoms with Crippen LogP contribution in [0.1, 0.15) is 30.0 Å². The van der Waals surface area contributed by atoms with Crippen LogP contribution < -0.4 is 4.74 Å². The Kier molecular flexibility index (Phi) is 6.05. The minimum absolute atomic E-state index is 0.0800. The van der Waals surface area contributed by atoms with Gasteiger partial charge in [-0.2, -0.15) is 17.6 Å². The first-order valence-electron chi connectivity index (χ1n) is 8.92. The molecule has 0 aromatic heterocycles. The van der Waals surface area contributed by atoms with E-state index in [1.807, 2.05) is 0 Å². The molecule has 0 unspecified atom stereocenters. The zero-order chi connectivity index (χ0) is 22.1. The van der Waals surface area contributed by atoms with Gasteiger partial charge in [0.05, 0.1) is 0 Å². The largest absolute Gasteiger partial charge is 0.432 e. The van der Waals surface area contributed by atoms with E-state index < -0.39 is 41.0 Å². The van der Waals surface area contributed by atoms with E-state index in [1.54, 1.807) is 6.92 Å². The second-order valence-electron chi connectivity index (χ2n) is 6.59. The van der Waals surface area contributed by atoms with Crippen LogP contribution in [0.25, 0.3) is 16.8 Å². The first-order chi connectivity index (χ1) is 14.1. The van der Waals surface area contributed by atoms with Crippen LogP contribution in [-0.2, 0) is 12.5 Å². The van der Waals surface area contributed by atoms with Gasteiger partial charge < -0.3 is 4.74 Å². The Hall–Kier alpha value is -3.03. The molecule has 0 spiro atoms. The molecular weight excluding hydrogens is 413 g/mol. The first kappa shape index (κ1) is 21.7. The van der Waals surface area contributed by atoms with E-state index in [1.165, 1.54) is 6.07 Å². The number of rotatable bonds is 6. The van der Waals surface area contributed by atoms with Gasteiger partial charge in [0.2, 0.25) is 0 Å². The Labute approximate surface area is 167 Å². The maximum absolute atomic E-state index is 14.5. The van der Waals surface area contributed by atoms with Gasteiger partial charge in [-0.1, -0.05) is 25.5 Å². The molecule has 0 atom stereocenters. The third kappa shape index (κ3) is 4.42. The minimum atomic E-state index is -4.34. The van der Waals surface area contributed by atoms with Crippen molar-refractivity contribution in [2.45, 2.75) is 25.9 Å². The number of halogens is 7. The summed E-state index contributed by atoms with van der Waals surface area (Å²) in [7, 11) is 0. The van der Waals surface area contributed by atoms with Crippen molar-refractivity contribution in [2.24, 2.45) is 0 Å². The van der Waals surface area contributed by atoms with Gasteiger partial charge in [0.15, 0.2) is 0 Å². The lowest BCUT2D eigenvalue weighted by Gasteiger charge is -2.20. The molecule has 30 heavy (non-hydrogen) atoms. The van der Waals surface area contributed by atoms with Crippen molar-refractivity contribution in [3.8, 4) is 5.75 Å². The Bertz CT molecular complexity index is 1090. The second-order valence-corrected chi connectivity index (χ2v) is 6.59. The number of fused-ring (bicyclic) bond motifs is 1. The average molecular weight is 428 g/mol. The number of hydrogen-bond donors (Lipinski definition) is 0. The van der Waals surface area contributed by atoms with Crippen LogP contribution in [-0.4, -0.2) is 0 Å². The van der Waals surface area contributed by atoms with E-state index in [0.717, 1.165) is 36.4 Å². The fourth-order valence-electron chi connectivity index (χ4n) is 3.12. The molecule has 0 heterocycles. The zero-order valence-electron chi connectivity index (χ0n) is 15.6. The van der Waals surface area contributed by atoms with Gasteiger partial charge in [0, 0.05) is 17.0 Å². The fraction of sp³-hybridized carbons (Fsp3) is 0.182. The predicted octanol–water partition coefficient (Wildman–Crippen LogP) is 7.58. The Morgan fingerprint density at radius 2 is 1.63 bits per heavy atom. The monoisotopic (exact) mass is 428 g/mol. The standard InChI is InChI=1S/C22H15F7O/c1-2-3-12-8-17(23)20(18(24)9-12)22(28,29)30-15-6-7-16-13(10-15)4-5-14(21(16)27)11-19(25)26/h4-11H,2-3H2,1H3. The summed E-state index contributed by atoms with van der Waals surface area (Å²) in [5.41, 5.74) is -1.67. The molecule has 158 valence electrons. The highest BCUT2D eigenvalue weighted by Gasteiger charge is 2.41. The summed E-state index contributed by atoms with van der Waals surface area (Å²) in [6.45, 7) is 1.78. The van der Waals surface area contributed by atoms with E-state index in [0.29, 0.717) is 18.9 Å². The molecule has 1 nitrogen and oxygen atoms in total. The number of alkyl halides is 2. The molecule has 8 heteroatoms. The van der Waals surface area contributed by atoms with E-state index in [4.69, 9.17) is 0 Å². The SMILES string of the molecule is CCCc1cc(F)c(C(F)(F)Oc2ccc3c(F)c(C=C(F)F)ccc3c2)c(F)c1. The van der Waals surface area contributed by atoms with E-state index in [2.05, 4.69) is 4.74 Å². The molecule has 0 aliphatic heterocycles. The molecule has 0 radical (unpaired) electrons. The molecule has 0 aliphatic rings. The number of hydrogen-bond acceptors (Lipinski definition) is 1. The molecule has 3 aromatic carbocycles. The molecule has 0 amide bonds. The maximum Gasteiger partial charge on any atom is 0.432 e. The van der Waals surface area contributed by atoms with Crippen molar-refractivity contribution in [1.82, 2.24) is 0 Å². The van der Waals surface area contributed by atoms with Gasteiger partial charge in [-0.3, -0.25) is 0 Å². The molecule has 0 bridgehead atoms. The van der Waals surface area contributed by atoms with Crippen molar-refractivity contribution in [2.75, 3.05) is 0 Å². The molecule has 0 N–H and O–H groups in total. The Morgan fingerprint density at radius 3 is 2.23 bits per heavy atom. The summed E-state index contributed by atoms with van der Waals surface area (Å²) in [6, 6.07) is 6.97. The Balaban J connectivity index is 1.96. The average Bonchev–Trinajstić information content (AvgIpc) is 2.63. The van der Waals surface area contributed by atoms with Crippen LogP contribution in [0.5, 0.6) is 5.75 Å². The molecule has 3 rings (SSSR count). The highest BCUT2D eigenvalue weighted by atomic mass is 19.3. The van der Waals surface area contributed by atoms with Crippen molar-refractivity contribution in [3.05, 3.63) is 82.7 Å². The number of benzene rings is 3. The molecule has 3 aromatic rings. The maximum atomic E-state index is 14.5. The van der Waals surface area contributed by atoms with Crippen LogP contribution in [0.4, 0.5) is 30.7 Å². The van der Waals surface area contributed by atoms with Crippen molar-refractivity contribution in [1.29, 1.82) is 0 Å². The van der Waals surface area contributed by atoms with Crippen LogP contribution >= 0.6 is 0 Å². The summed E-state index contributed by atoms with van der Waals surface area (Å²) in [6.07, 6.45) is -5.21. The van der Waals surface area contributed by atoms with Crippen LogP contribution in [0.15, 0.2) is 48.5 Å². The smallest absolute Gasteiger partial charge is 0.429 e. The quantitative estimate of drug-likeness (QED) is 0.368. The lowest BCUT2D eigenvalue weighted by molar-refractivity contribution is -0.189. The van der Waals surface area contributed by atoms with Gasteiger partial charge in [-0.15, -0.1) is 0 Å². The predicted molar refractivity (Wildman–Crippen MR) is 99.0 cm³/mol. The lowest BCUT2D eigenvalue weighted by atomic mass is 10.0. The molecule has 0 saturated carbocycles. The molecule has 0 aliphatic carbocycles. The Morgan fingerprint density at radius 1 is 0.967 bits per heavy atom. The van der Waals surface area contributed by atoms with Crippen LogP contribution in [0.3, 0.4) is 0 Å². The van der Waals surface area contributed by atoms with Crippen molar-refractivity contribution >= 4 is 16.8 Å². The summed E-state index contributed by atoms with van der Waals surface area (Å²) < 4.78 is 101. The minimum Gasteiger partial charge on any atom is -0.429 e. The van der Waals surface area contributed by atoms with Crippen LogP contribution in [0.2, 0.25) is 0 Å². The lowest BCUT2D eigenvalue weighted by Crippen LogP contribution is -2.25. The van der Waals surface area contributed by atoms with Gasteiger partial charge in [0.25, 0.3) is 6.08 Å². The topological polar surface area (TPSA) is 9.23 Å². The highest BCUT2D eigenvalue weighted by Crippen LogP contribution is 2.37. The summed E-state index contributed by atoms with van der Waals surface area (Å²) in [4.78, 5) is 0. The van der Waals surface area contributed by atoms with Crippen LogP contribution in [0, 0.1) is 17.5 Å². The third-order valence-electron chi connectivity index (χ3n) is 4.40. The van der Waals surface area contributed by atoms with E-state index in [-0.39, 0.29) is 21.9 Å². The summed E-state index contributed by atoms with van der Waals surface area (Å²) in [5, 5.41) is -0.0293. The van der Waals surface area contributed by atoms with E-state index in [9.17, 15) is 30.7 Å². The van der Waals surface area contributed by atoms with Gasteiger partial charge in [-0.05, 0) is 47.7 Å². The molecule has 0 saturated heterocycles. The van der Waals surface area contributed by atoms with Crippen molar-refractivity contribution in [3.63, 3.8) is 0 Å². The van der Waals surface area contributed by atoms with Crippen molar-refractivity contribution < 1.29 is 35.5 Å². The van der Waals surface area contributed by atoms with Gasteiger partial charge in [0.1, 0.15) is 28.8 Å². The second kappa shape index (κ2) is 8.38. The van der Waals surface area contributed by atoms with Gasteiger partial charge in [-0.25, -0.2) is 13.2 Å². The summed E-state index contributed by atoms with van der Waals surface area (Å²) >= 11 is 0. The van der Waals surface area contributed by atoms with Gasteiger partial charge >= 0.3 is 6.11 Å². The highest BCUT2D eigenvalue weighted by molar-refractivity contribution is 5.86. The molecular formula is C22H15F7O. The first-order valence-corrected chi connectivity index (χ1v) is 8.92. The fourth-order valence-corrected chi connectivity index (χ4v) is 3.12.